The molecule has 1 aromatic rings. The Morgan fingerprint density at radius 2 is 2.12 bits per heavy atom. The number of hydrogen-bond acceptors (Lipinski definition) is 4. The molecule has 0 aliphatic carbocycles. The van der Waals surface area contributed by atoms with Crippen LogP contribution in [0.5, 0.6) is 5.06 Å². The number of thiophene rings is 1. The number of nitrogens with one attached hydrogen (secondary N) is 1. The Hall–Kier alpha value is -1.27. The van der Waals surface area contributed by atoms with Crippen LogP contribution < -0.4 is 10.1 Å². The second kappa shape index (κ2) is 9.43. The van der Waals surface area contributed by atoms with Crippen LogP contribution in [0.2, 0.25) is 0 Å². The summed E-state index contributed by atoms with van der Waals surface area (Å²) in [5.74, 6) is 0. The molecule has 140 valence electrons. The van der Waals surface area contributed by atoms with E-state index in [9.17, 15) is 4.79 Å². The summed E-state index contributed by atoms with van der Waals surface area (Å²) in [6.45, 7) is 8.77. The first-order valence-electron chi connectivity index (χ1n) is 9.76. The van der Waals surface area contributed by atoms with E-state index >= 15 is 0 Å². The average molecular weight is 366 g/mol. The van der Waals surface area contributed by atoms with Gasteiger partial charge in [-0.3, -0.25) is 0 Å². The summed E-state index contributed by atoms with van der Waals surface area (Å²) in [4.78, 5) is 18.0. The number of urea groups is 1. The molecule has 6 heteroatoms. The summed E-state index contributed by atoms with van der Waals surface area (Å²) in [7, 11) is 0. The van der Waals surface area contributed by atoms with Crippen LogP contribution in [0.15, 0.2) is 6.07 Å². The zero-order valence-electron chi connectivity index (χ0n) is 15.4. The summed E-state index contributed by atoms with van der Waals surface area (Å²) < 4.78 is 5.98. The molecule has 0 aromatic carbocycles. The molecule has 3 heterocycles. The standard InChI is InChI=1S/C19H31N3O2S/c1-2-8-20-19(23)22-12-7-17-16(15-22)14-18(25-17)24-13-6-11-21-9-4-3-5-10-21/h14H,2-13,15H2,1H3,(H,20,23). The number of carbonyl (C=O) groups is 1. The van der Waals surface area contributed by atoms with Gasteiger partial charge in [-0.25, -0.2) is 4.79 Å². The molecule has 1 saturated heterocycles. The first-order chi connectivity index (χ1) is 12.3. The normalized spacial score (nSPS) is 18.0. The topological polar surface area (TPSA) is 44.8 Å². The van der Waals surface area contributed by atoms with Crippen molar-refractivity contribution in [2.45, 2.75) is 52.0 Å². The number of piperidine rings is 1. The highest BCUT2D eigenvalue weighted by atomic mass is 32.1. The number of nitrogens with zero attached hydrogens (tertiary/aromatic N) is 2. The first kappa shape index (κ1) is 18.5. The maximum atomic E-state index is 12.1. The Labute approximate surface area is 155 Å². The number of rotatable bonds is 7. The number of ether oxygens (including phenoxy) is 1. The highest BCUT2D eigenvalue weighted by Crippen LogP contribution is 2.33. The lowest BCUT2D eigenvalue weighted by Gasteiger charge is -2.26. The molecule has 1 N–H and O–H groups in total. The molecule has 0 atom stereocenters. The largest absolute Gasteiger partial charge is 0.484 e. The van der Waals surface area contributed by atoms with E-state index in [1.165, 1.54) is 42.8 Å². The van der Waals surface area contributed by atoms with Gasteiger partial charge in [0.1, 0.15) is 0 Å². The second-order valence-corrected chi connectivity index (χ2v) is 8.12. The second-order valence-electron chi connectivity index (χ2n) is 7.02. The molecule has 1 aromatic heterocycles. The van der Waals surface area contributed by atoms with Crippen LogP contribution in [0.4, 0.5) is 4.79 Å². The van der Waals surface area contributed by atoms with E-state index in [2.05, 4.69) is 23.2 Å². The lowest BCUT2D eigenvalue weighted by molar-refractivity contribution is 0.192. The van der Waals surface area contributed by atoms with Gasteiger partial charge in [-0.05, 0) is 56.8 Å². The van der Waals surface area contributed by atoms with Gasteiger partial charge in [0, 0.05) is 31.1 Å². The molecule has 0 unspecified atom stereocenters. The van der Waals surface area contributed by atoms with Crippen LogP contribution in [-0.4, -0.2) is 55.2 Å². The Balaban J connectivity index is 1.41. The van der Waals surface area contributed by atoms with E-state index < -0.39 is 0 Å². The molecular weight excluding hydrogens is 334 g/mol. The zero-order chi connectivity index (χ0) is 17.5. The van der Waals surface area contributed by atoms with Gasteiger partial charge in [-0.15, -0.1) is 11.3 Å². The third-order valence-corrected chi connectivity index (χ3v) is 6.12. The van der Waals surface area contributed by atoms with Crippen molar-refractivity contribution in [1.82, 2.24) is 15.1 Å². The quantitative estimate of drug-likeness (QED) is 0.753. The third kappa shape index (κ3) is 5.35. The monoisotopic (exact) mass is 365 g/mol. The third-order valence-electron chi connectivity index (χ3n) is 4.97. The first-order valence-corrected chi connectivity index (χ1v) is 10.6. The number of hydrogen-bond donors (Lipinski definition) is 1. The van der Waals surface area contributed by atoms with Gasteiger partial charge in [0.25, 0.3) is 0 Å². The summed E-state index contributed by atoms with van der Waals surface area (Å²) in [5.41, 5.74) is 1.26. The molecule has 5 nitrogen and oxygen atoms in total. The van der Waals surface area contributed by atoms with Crippen molar-refractivity contribution in [1.29, 1.82) is 0 Å². The van der Waals surface area contributed by atoms with Crippen molar-refractivity contribution in [3.8, 4) is 5.06 Å². The van der Waals surface area contributed by atoms with Crippen LogP contribution in [0.3, 0.4) is 0 Å². The summed E-state index contributed by atoms with van der Waals surface area (Å²) >= 11 is 1.76. The van der Waals surface area contributed by atoms with Crippen LogP contribution in [0, 0.1) is 0 Å². The smallest absolute Gasteiger partial charge is 0.317 e. The number of amides is 2. The minimum atomic E-state index is 0.0581. The molecule has 0 saturated carbocycles. The molecule has 2 aliphatic rings. The van der Waals surface area contributed by atoms with E-state index in [1.54, 1.807) is 11.3 Å². The minimum Gasteiger partial charge on any atom is -0.484 e. The highest BCUT2D eigenvalue weighted by molar-refractivity contribution is 7.14. The molecule has 1 fully saturated rings. The fraction of sp³-hybridized carbons (Fsp3) is 0.737. The van der Waals surface area contributed by atoms with Gasteiger partial charge < -0.3 is 19.9 Å². The van der Waals surface area contributed by atoms with Gasteiger partial charge in [0.05, 0.1) is 6.61 Å². The predicted molar refractivity (Wildman–Crippen MR) is 103 cm³/mol. The summed E-state index contributed by atoms with van der Waals surface area (Å²) in [6, 6.07) is 2.20. The number of likely N-dealkylation sites (tertiary alicyclic amines) is 1. The maximum Gasteiger partial charge on any atom is 0.317 e. The molecule has 0 radical (unpaired) electrons. The molecule has 25 heavy (non-hydrogen) atoms. The minimum absolute atomic E-state index is 0.0581. The SMILES string of the molecule is CCCNC(=O)N1CCc2sc(OCCCN3CCCCC3)cc2C1. The van der Waals surface area contributed by atoms with Crippen molar-refractivity contribution in [2.75, 3.05) is 39.3 Å². The van der Waals surface area contributed by atoms with Crippen molar-refractivity contribution in [3.05, 3.63) is 16.5 Å². The van der Waals surface area contributed by atoms with Crippen molar-refractivity contribution in [3.63, 3.8) is 0 Å². The highest BCUT2D eigenvalue weighted by Gasteiger charge is 2.23. The van der Waals surface area contributed by atoms with Crippen LogP contribution >= 0.6 is 11.3 Å². The van der Waals surface area contributed by atoms with E-state index in [1.807, 2.05) is 4.90 Å². The zero-order valence-corrected chi connectivity index (χ0v) is 16.2. The Kier molecular flexibility index (Phi) is 6.99. The lowest BCUT2D eigenvalue weighted by Crippen LogP contribution is -2.42. The van der Waals surface area contributed by atoms with Crippen LogP contribution in [0.25, 0.3) is 0 Å². The average Bonchev–Trinajstić information content (AvgIpc) is 3.06. The number of fused-ring (bicyclic) bond motifs is 1. The maximum absolute atomic E-state index is 12.1. The van der Waals surface area contributed by atoms with Crippen molar-refractivity contribution >= 4 is 17.4 Å². The van der Waals surface area contributed by atoms with Gasteiger partial charge in [-0.2, -0.15) is 0 Å². The molecule has 2 amide bonds. The van der Waals surface area contributed by atoms with E-state index in [0.717, 1.165) is 50.6 Å². The molecule has 0 bridgehead atoms. The lowest BCUT2D eigenvalue weighted by atomic mass is 10.1. The molecule has 3 rings (SSSR count). The molecular formula is C19H31N3O2S. The van der Waals surface area contributed by atoms with Crippen molar-refractivity contribution in [2.24, 2.45) is 0 Å². The van der Waals surface area contributed by atoms with Gasteiger partial charge in [0.2, 0.25) is 0 Å². The fourth-order valence-corrected chi connectivity index (χ4v) is 4.57. The van der Waals surface area contributed by atoms with Crippen LogP contribution in [0.1, 0.15) is 49.5 Å². The predicted octanol–water partition coefficient (Wildman–Crippen LogP) is 3.48. The van der Waals surface area contributed by atoms with Gasteiger partial charge in [0.15, 0.2) is 5.06 Å². The van der Waals surface area contributed by atoms with E-state index in [4.69, 9.17) is 4.74 Å². The van der Waals surface area contributed by atoms with Gasteiger partial charge >= 0.3 is 6.03 Å². The Bertz CT molecular complexity index is 555. The Morgan fingerprint density at radius 3 is 2.92 bits per heavy atom. The van der Waals surface area contributed by atoms with Gasteiger partial charge in [-0.1, -0.05) is 13.3 Å². The van der Waals surface area contributed by atoms with E-state index in [0.29, 0.717) is 6.54 Å². The summed E-state index contributed by atoms with van der Waals surface area (Å²) in [6.07, 6.45) is 7.09. The fourth-order valence-electron chi connectivity index (χ4n) is 3.54. The molecule has 2 aliphatic heterocycles. The number of carbonyl (C=O) groups excluding carboxylic acids is 1. The molecule has 0 spiro atoms. The van der Waals surface area contributed by atoms with Crippen molar-refractivity contribution < 1.29 is 9.53 Å². The van der Waals surface area contributed by atoms with Crippen LogP contribution in [-0.2, 0) is 13.0 Å². The Morgan fingerprint density at radius 1 is 1.28 bits per heavy atom. The summed E-state index contributed by atoms with van der Waals surface area (Å²) in [5, 5.41) is 3.98. The van der Waals surface area contributed by atoms with E-state index in [-0.39, 0.29) is 6.03 Å².